The summed E-state index contributed by atoms with van der Waals surface area (Å²) in [4.78, 5) is 35.5. The van der Waals surface area contributed by atoms with Crippen molar-refractivity contribution in [2.24, 2.45) is 0 Å². The van der Waals surface area contributed by atoms with E-state index in [4.69, 9.17) is 9.72 Å². The summed E-state index contributed by atoms with van der Waals surface area (Å²) in [5.41, 5.74) is 8.29. The van der Waals surface area contributed by atoms with Gasteiger partial charge in [0, 0.05) is 80.4 Å². The number of hydrogen-bond acceptors (Lipinski definition) is 9. The third-order valence-electron chi connectivity index (χ3n) is 12.0. The fourth-order valence-electron chi connectivity index (χ4n) is 8.43. The van der Waals surface area contributed by atoms with Gasteiger partial charge in [-0.25, -0.2) is 4.98 Å². The van der Waals surface area contributed by atoms with Gasteiger partial charge in [0.25, 0.3) is 0 Å². The molecule has 0 fully saturated rings. The van der Waals surface area contributed by atoms with Gasteiger partial charge in [-0.1, -0.05) is 97.1 Å². The Bertz CT molecular complexity index is 2760. The number of ketones is 1. The lowest BCUT2D eigenvalue weighted by atomic mass is 9.99. The fourth-order valence-corrected chi connectivity index (χ4v) is 10.4. The number of para-hydroxylation sites is 4. The van der Waals surface area contributed by atoms with Gasteiger partial charge in [-0.15, -0.1) is 11.3 Å². The number of aromatic nitrogens is 2. The van der Waals surface area contributed by atoms with E-state index in [0.717, 1.165) is 62.1 Å². The van der Waals surface area contributed by atoms with Gasteiger partial charge in [0.05, 0.1) is 46.1 Å². The fraction of sp³-hybridized carbons (Fsp3) is 0.286. The minimum atomic E-state index is 0.0601. The number of pyridine rings is 1. The molecule has 4 aromatic carbocycles. The Morgan fingerprint density at radius 3 is 2.46 bits per heavy atom. The highest BCUT2D eigenvalue weighted by Gasteiger charge is 2.21. The predicted octanol–water partition coefficient (Wildman–Crippen LogP) is 11.4. The molecule has 8 rings (SSSR count). The molecule has 2 aromatic heterocycles. The summed E-state index contributed by atoms with van der Waals surface area (Å²) in [6.07, 6.45) is 26.2. The van der Waals surface area contributed by atoms with Crippen molar-refractivity contribution in [1.29, 1.82) is 0 Å². The number of thioether (sulfide) groups is 1. The quantitative estimate of drug-likeness (QED) is 0.0458. The van der Waals surface area contributed by atoms with Gasteiger partial charge < -0.3 is 25.2 Å². The number of Topliss-reactive ketones (excluding diaryl/α,β-unsaturated/α-hetero) is 1. The van der Waals surface area contributed by atoms with Gasteiger partial charge in [0.15, 0.2) is 6.20 Å². The summed E-state index contributed by atoms with van der Waals surface area (Å²) >= 11 is 3.50. The van der Waals surface area contributed by atoms with Gasteiger partial charge in [-0.2, -0.15) is 4.57 Å². The summed E-state index contributed by atoms with van der Waals surface area (Å²) in [5.74, 6) is 0.289. The minimum Gasteiger partial charge on any atom is -0.378 e. The number of fused-ring (bicyclic) bond motifs is 4. The predicted molar refractivity (Wildman–Crippen MR) is 280 cm³/mol. The minimum absolute atomic E-state index is 0.0601. The molecule has 0 radical (unpaired) electrons. The van der Waals surface area contributed by atoms with E-state index in [1.54, 1.807) is 23.1 Å². The molecule has 4 heterocycles. The first-order valence-corrected chi connectivity index (χ1v) is 25.3. The number of thiazole rings is 1. The van der Waals surface area contributed by atoms with Crippen molar-refractivity contribution < 1.29 is 18.9 Å². The number of aryl methyl sites for hydroxylation is 1. The van der Waals surface area contributed by atoms with E-state index in [9.17, 15) is 9.59 Å². The number of nitrogens with one attached hydrogen (secondary N) is 2. The highest BCUT2D eigenvalue weighted by atomic mass is 32.2. The zero-order chi connectivity index (χ0) is 46.0. The van der Waals surface area contributed by atoms with Crippen molar-refractivity contribution in [3.63, 3.8) is 0 Å². The summed E-state index contributed by atoms with van der Waals surface area (Å²) in [6.45, 7) is 4.21. The molecule has 0 saturated carbocycles. The van der Waals surface area contributed by atoms with E-state index in [0.29, 0.717) is 45.7 Å². The van der Waals surface area contributed by atoms with Crippen LogP contribution < -0.4 is 25.0 Å². The summed E-state index contributed by atoms with van der Waals surface area (Å²) in [7, 11) is 2.12. The van der Waals surface area contributed by atoms with Crippen LogP contribution in [0.4, 0.5) is 11.4 Å². The summed E-state index contributed by atoms with van der Waals surface area (Å²) < 4.78 is 9.22. The second-order valence-corrected chi connectivity index (χ2v) is 18.9. The normalized spacial score (nSPS) is 14.6. The third kappa shape index (κ3) is 13.3. The zero-order valence-electron chi connectivity index (χ0n) is 38.4. The molecular weight excluding hydrogens is 869 g/mol. The number of amides is 1. The highest BCUT2D eigenvalue weighted by molar-refractivity contribution is 8.03. The van der Waals surface area contributed by atoms with Crippen LogP contribution in [0.25, 0.3) is 38.8 Å². The van der Waals surface area contributed by atoms with Crippen LogP contribution in [0.15, 0.2) is 156 Å². The molecule has 2 aliphatic rings. The lowest BCUT2D eigenvalue weighted by Crippen LogP contribution is -2.34. The Morgan fingerprint density at radius 2 is 1.55 bits per heavy atom. The standard InChI is InChI=1S/C56H60N6O3S2/c1-60-51-26-11-13-28-53(51)67-56(60)31-17-19-44-33-39-61(50-25-10-7-22-47(44)50)36-14-2-4-20-45(63)42-57-34-40-65-41-35-58-54(64)29-5-3-15-37-62-38-32-43(46-21-6-9-24-49(46)62)18-16-30-55-59-48-23-8-12-27-52(48)66-55/h6-13,16-19,21-28,30-33,38-39,57H,2-5,14-15,20,29,34-37,40-42H2,1H3/p+1. The molecule has 2 N–H and O–H groups in total. The van der Waals surface area contributed by atoms with Gasteiger partial charge in [0.2, 0.25) is 11.4 Å². The Labute approximate surface area is 403 Å². The van der Waals surface area contributed by atoms with Crippen molar-refractivity contribution in [1.82, 2.24) is 15.6 Å². The van der Waals surface area contributed by atoms with Gasteiger partial charge >= 0.3 is 0 Å². The number of hydrogen-bond donors (Lipinski definition) is 2. The Hall–Kier alpha value is -6.11. The molecule has 9 nitrogen and oxygen atoms in total. The number of carbonyl (C=O) groups excluding carboxylic acids is 2. The molecule has 67 heavy (non-hydrogen) atoms. The number of nitrogens with zero attached hydrogens (tertiary/aromatic N) is 4. The highest BCUT2D eigenvalue weighted by Crippen LogP contribution is 2.44. The first kappa shape index (κ1) is 47.4. The van der Waals surface area contributed by atoms with E-state index in [2.05, 4.69) is 172 Å². The van der Waals surface area contributed by atoms with Crippen molar-refractivity contribution in [2.45, 2.75) is 62.8 Å². The lowest BCUT2D eigenvalue weighted by molar-refractivity contribution is -0.671. The summed E-state index contributed by atoms with van der Waals surface area (Å²) in [5, 5.41) is 9.63. The van der Waals surface area contributed by atoms with E-state index in [1.165, 1.54) is 53.6 Å². The molecule has 1 amide bonds. The molecular formula is C56H61N6O3S2+. The molecule has 0 aliphatic carbocycles. The molecule has 11 heteroatoms. The Morgan fingerprint density at radius 1 is 0.776 bits per heavy atom. The van der Waals surface area contributed by atoms with Crippen LogP contribution in [0.2, 0.25) is 0 Å². The molecule has 0 atom stereocenters. The molecule has 0 spiro atoms. The van der Waals surface area contributed by atoms with E-state index in [-0.39, 0.29) is 11.7 Å². The van der Waals surface area contributed by atoms with Crippen LogP contribution in [0.1, 0.15) is 67.5 Å². The molecule has 6 aromatic rings. The maximum absolute atomic E-state index is 12.5. The average Bonchev–Trinajstić information content (AvgIpc) is 3.92. The zero-order valence-corrected chi connectivity index (χ0v) is 40.1. The number of benzene rings is 4. The number of allylic oxidation sites excluding steroid dienone is 6. The average molecular weight is 930 g/mol. The Kier molecular flexibility index (Phi) is 17.4. The van der Waals surface area contributed by atoms with Crippen LogP contribution in [0, 0.1) is 0 Å². The van der Waals surface area contributed by atoms with E-state index in [1.807, 2.05) is 18.2 Å². The molecule has 0 saturated heterocycles. The second kappa shape index (κ2) is 24.6. The van der Waals surface area contributed by atoms with Gasteiger partial charge in [-0.3, -0.25) is 9.59 Å². The Balaban J connectivity index is 0.634. The lowest BCUT2D eigenvalue weighted by Gasteiger charge is -2.27. The van der Waals surface area contributed by atoms with Crippen LogP contribution in [0.3, 0.4) is 0 Å². The van der Waals surface area contributed by atoms with Crippen molar-refractivity contribution >= 4 is 85.0 Å². The molecule has 344 valence electrons. The topological polar surface area (TPSA) is 90.7 Å². The monoisotopic (exact) mass is 929 g/mol. The van der Waals surface area contributed by atoms with Gasteiger partial charge in [-0.05, 0) is 91.4 Å². The van der Waals surface area contributed by atoms with Crippen molar-refractivity contribution in [2.75, 3.05) is 56.2 Å². The van der Waals surface area contributed by atoms with E-state index >= 15 is 0 Å². The number of anilines is 2. The van der Waals surface area contributed by atoms with Gasteiger partial charge in [0.1, 0.15) is 17.3 Å². The number of ether oxygens (including phenoxy) is 1. The van der Waals surface area contributed by atoms with Crippen LogP contribution in [0.5, 0.6) is 0 Å². The number of carbonyl (C=O) groups is 2. The molecule has 0 bridgehead atoms. The largest absolute Gasteiger partial charge is 0.378 e. The third-order valence-corrected chi connectivity index (χ3v) is 14.2. The van der Waals surface area contributed by atoms with Crippen LogP contribution in [-0.2, 0) is 20.9 Å². The van der Waals surface area contributed by atoms with Crippen LogP contribution in [-0.4, -0.2) is 63.1 Å². The SMILES string of the molecule is CN1C(=CC=Cc2cc[n+](CCCCCC(=O)CNCCOCCNC(=O)CCCCCN3C=CC(=CC=Cc4nc5ccccc5s4)c4ccccc43)c3ccccc23)Sc2ccccc21. The summed E-state index contributed by atoms with van der Waals surface area (Å²) in [6, 6.07) is 36.0. The number of rotatable bonds is 24. The second-order valence-electron chi connectivity index (χ2n) is 16.8. The first-order chi connectivity index (χ1) is 33.0. The smallest absolute Gasteiger partial charge is 0.220 e. The van der Waals surface area contributed by atoms with Crippen LogP contribution >= 0.6 is 23.1 Å². The molecule has 0 unspecified atom stereocenters. The van der Waals surface area contributed by atoms with Crippen molar-refractivity contribution in [3.05, 3.63) is 167 Å². The maximum atomic E-state index is 12.5. The van der Waals surface area contributed by atoms with Crippen molar-refractivity contribution in [3.8, 4) is 0 Å². The van der Waals surface area contributed by atoms with E-state index < -0.39 is 0 Å². The first-order valence-electron chi connectivity index (χ1n) is 23.7. The number of unbranched alkanes of at least 4 members (excludes halogenated alkanes) is 4. The maximum Gasteiger partial charge on any atom is 0.220 e. The molecule has 2 aliphatic heterocycles.